The first-order valence-corrected chi connectivity index (χ1v) is 9.92. The van der Waals surface area contributed by atoms with Crippen LogP contribution in [0.25, 0.3) is 38.4 Å². The van der Waals surface area contributed by atoms with Crippen LogP contribution >= 0.6 is 0 Å². The molecule has 0 radical (unpaired) electrons. The molecule has 0 fully saturated rings. The van der Waals surface area contributed by atoms with E-state index in [1.54, 1.807) is 12.1 Å². The lowest BCUT2D eigenvalue weighted by Gasteiger charge is -2.13. The molecule has 5 aromatic rings. The zero-order valence-electron chi connectivity index (χ0n) is 16.2. The molecule has 0 aliphatic heterocycles. The number of rotatable bonds is 5. The van der Waals surface area contributed by atoms with Gasteiger partial charge in [0.15, 0.2) is 6.17 Å². The molecule has 30 heavy (non-hydrogen) atoms. The monoisotopic (exact) mass is 394 g/mol. The highest BCUT2D eigenvalue weighted by atomic mass is 19.1. The van der Waals surface area contributed by atoms with Gasteiger partial charge in [0.1, 0.15) is 6.61 Å². The van der Waals surface area contributed by atoms with Gasteiger partial charge in [0.25, 0.3) is 0 Å². The minimum atomic E-state index is -1.37. The van der Waals surface area contributed by atoms with E-state index >= 15 is 0 Å². The third kappa shape index (κ3) is 3.29. The molecule has 5 rings (SSSR count). The second-order valence-corrected chi connectivity index (χ2v) is 7.35. The lowest BCUT2D eigenvalue weighted by atomic mass is 9.92. The number of benzene rings is 5. The van der Waals surface area contributed by atoms with Crippen LogP contribution in [0.1, 0.15) is 15.9 Å². The van der Waals surface area contributed by atoms with Crippen molar-refractivity contribution in [2.45, 2.75) is 6.17 Å². The molecule has 5 aromatic carbocycles. The number of ether oxygens (including phenoxy) is 1. The molecule has 3 heteroatoms. The van der Waals surface area contributed by atoms with Gasteiger partial charge >= 0.3 is 5.97 Å². The van der Waals surface area contributed by atoms with Gasteiger partial charge in [-0.3, -0.25) is 0 Å². The average Bonchev–Trinajstić information content (AvgIpc) is 2.80. The van der Waals surface area contributed by atoms with Crippen molar-refractivity contribution in [3.8, 4) is 0 Å². The van der Waals surface area contributed by atoms with E-state index in [1.807, 2.05) is 54.6 Å². The van der Waals surface area contributed by atoms with Crippen molar-refractivity contribution >= 4 is 44.4 Å². The van der Waals surface area contributed by atoms with E-state index in [2.05, 4.69) is 24.3 Å². The number of hydrogen-bond acceptors (Lipinski definition) is 2. The molecule has 0 bridgehead atoms. The Morgan fingerprint density at radius 3 is 2.23 bits per heavy atom. The maximum atomic E-state index is 14.2. The summed E-state index contributed by atoms with van der Waals surface area (Å²) in [6.07, 6.45) is 1.73. The third-order valence-electron chi connectivity index (χ3n) is 5.42. The molecule has 0 spiro atoms. The van der Waals surface area contributed by atoms with Gasteiger partial charge < -0.3 is 4.74 Å². The Morgan fingerprint density at radius 1 is 0.800 bits per heavy atom. The van der Waals surface area contributed by atoms with Crippen LogP contribution in [0.4, 0.5) is 4.39 Å². The average molecular weight is 394 g/mol. The Labute approximate surface area is 173 Å². The largest absolute Gasteiger partial charge is 0.459 e. The standard InChI is InChI=1S/C27H19FO2/c28-22(14-9-18-5-2-1-3-6-18)17-30-27(29)24-16-13-21-11-10-19-7-4-8-20-12-15-23(24)26(21)25(19)20/h1-16,22H,17H2/b14-9-/t22-/m0/s1. The molecule has 0 amide bonds. The van der Waals surface area contributed by atoms with Crippen molar-refractivity contribution in [2.24, 2.45) is 0 Å². The fourth-order valence-electron chi connectivity index (χ4n) is 3.98. The van der Waals surface area contributed by atoms with Gasteiger partial charge in [-0.05, 0) is 50.0 Å². The smallest absolute Gasteiger partial charge is 0.338 e. The highest BCUT2D eigenvalue weighted by Crippen LogP contribution is 2.36. The van der Waals surface area contributed by atoms with Crippen molar-refractivity contribution in [3.63, 3.8) is 0 Å². The zero-order valence-corrected chi connectivity index (χ0v) is 16.2. The van der Waals surface area contributed by atoms with Crippen LogP contribution < -0.4 is 0 Å². The van der Waals surface area contributed by atoms with E-state index in [0.29, 0.717) is 5.56 Å². The lowest BCUT2D eigenvalue weighted by Crippen LogP contribution is -2.13. The molecule has 0 aliphatic rings. The van der Waals surface area contributed by atoms with Crippen molar-refractivity contribution in [3.05, 3.63) is 102 Å². The summed E-state index contributed by atoms with van der Waals surface area (Å²) in [4.78, 5) is 12.8. The Hall–Kier alpha value is -3.72. The molecule has 0 unspecified atom stereocenters. The van der Waals surface area contributed by atoms with Gasteiger partial charge in [-0.25, -0.2) is 9.18 Å². The predicted octanol–water partition coefficient (Wildman–Crippen LogP) is 6.79. The normalized spacial score (nSPS) is 12.8. The van der Waals surface area contributed by atoms with Crippen LogP contribution in [0, 0.1) is 0 Å². The van der Waals surface area contributed by atoms with Crippen LogP contribution in [0.5, 0.6) is 0 Å². The molecule has 0 aliphatic carbocycles. The quantitative estimate of drug-likeness (QED) is 0.242. The zero-order chi connectivity index (χ0) is 20.5. The van der Waals surface area contributed by atoms with E-state index in [9.17, 15) is 9.18 Å². The summed E-state index contributed by atoms with van der Waals surface area (Å²) in [6.45, 7) is -0.315. The Bertz CT molecular complexity index is 1360. The van der Waals surface area contributed by atoms with Crippen molar-refractivity contribution in [1.29, 1.82) is 0 Å². The first-order valence-electron chi connectivity index (χ1n) is 9.92. The summed E-state index contributed by atoms with van der Waals surface area (Å²) >= 11 is 0. The highest BCUT2D eigenvalue weighted by molar-refractivity contribution is 6.25. The number of carbonyl (C=O) groups excluding carboxylic acids is 1. The Morgan fingerprint density at radius 2 is 1.47 bits per heavy atom. The van der Waals surface area contributed by atoms with Crippen LogP contribution in [0.3, 0.4) is 0 Å². The number of carbonyl (C=O) groups is 1. The first-order chi connectivity index (χ1) is 14.7. The fraction of sp³-hybridized carbons (Fsp3) is 0.0741. The second-order valence-electron chi connectivity index (χ2n) is 7.35. The Balaban J connectivity index is 1.41. The van der Waals surface area contributed by atoms with Crippen molar-refractivity contribution < 1.29 is 13.9 Å². The van der Waals surface area contributed by atoms with Gasteiger partial charge in [0.05, 0.1) is 5.56 Å². The Kier molecular flexibility index (Phi) is 4.64. The van der Waals surface area contributed by atoms with E-state index < -0.39 is 12.1 Å². The summed E-state index contributed by atoms with van der Waals surface area (Å²) in [5.74, 6) is -0.510. The number of alkyl halides is 1. The first kappa shape index (κ1) is 18.3. The molecule has 2 nitrogen and oxygen atoms in total. The molecule has 0 saturated heterocycles. The number of esters is 1. The molecule has 0 N–H and O–H groups in total. The minimum absolute atomic E-state index is 0.315. The minimum Gasteiger partial charge on any atom is -0.459 e. The van der Waals surface area contributed by atoms with Gasteiger partial charge in [-0.15, -0.1) is 0 Å². The van der Waals surface area contributed by atoms with E-state index in [0.717, 1.165) is 37.9 Å². The molecule has 1 atom stereocenters. The van der Waals surface area contributed by atoms with E-state index in [4.69, 9.17) is 4.74 Å². The summed E-state index contributed by atoms with van der Waals surface area (Å²) in [5.41, 5.74) is 1.36. The van der Waals surface area contributed by atoms with Crippen molar-refractivity contribution in [2.75, 3.05) is 6.61 Å². The van der Waals surface area contributed by atoms with Crippen LogP contribution in [-0.2, 0) is 4.74 Å². The third-order valence-corrected chi connectivity index (χ3v) is 5.42. The number of halogens is 1. The van der Waals surface area contributed by atoms with Gasteiger partial charge in [-0.1, -0.05) is 84.9 Å². The van der Waals surface area contributed by atoms with E-state index in [1.165, 1.54) is 6.08 Å². The van der Waals surface area contributed by atoms with Gasteiger partial charge in [0.2, 0.25) is 0 Å². The van der Waals surface area contributed by atoms with Crippen LogP contribution in [-0.4, -0.2) is 18.7 Å². The maximum absolute atomic E-state index is 14.2. The molecule has 0 saturated carbocycles. The molecular weight excluding hydrogens is 375 g/mol. The molecule has 0 heterocycles. The molecular formula is C27H19FO2. The van der Waals surface area contributed by atoms with Gasteiger partial charge in [0, 0.05) is 0 Å². The van der Waals surface area contributed by atoms with Crippen LogP contribution in [0.15, 0.2) is 91.0 Å². The van der Waals surface area contributed by atoms with E-state index in [-0.39, 0.29) is 6.61 Å². The number of hydrogen-bond donors (Lipinski definition) is 0. The molecule has 146 valence electrons. The maximum Gasteiger partial charge on any atom is 0.338 e. The summed E-state index contributed by atoms with van der Waals surface area (Å²) in [5, 5.41) is 6.34. The molecule has 0 aromatic heterocycles. The van der Waals surface area contributed by atoms with Crippen LogP contribution in [0.2, 0.25) is 0 Å². The SMILES string of the molecule is O=C(OC[C@@H](F)/C=C\c1ccccc1)c1ccc2ccc3cccc4ccc1c2c34. The highest BCUT2D eigenvalue weighted by Gasteiger charge is 2.17. The predicted molar refractivity (Wildman–Crippen MR) is 121 cm³/mol. The summed E-state index contributed by atoms with van der Waals surface area (Å²) in [6, 6.07) is 27.4. The summed E-state index contributed by atoms with van der Waals surface area (Å²) < 4.78 is 19.5. The lowest BCUT2D eigenvalue weighted by molar-refractivity contribution is 0.0440. The summed E-state index contributed by atoms with van der Waals surface area (Å²) in [7, 11) is 0. The fourth-order valence-corrected chi connectivity index (χ4v) is 3.98. The van der Waals surface area contributed by atoms with Gasteiger partial charge in [-0.2, -0.15) is 0 Å². The van der Waals surface area contributed by atoms with Crippen molar-refractivity contribution in [1.82, 2.24) is 0 Å². The second kappa shape index (κ2) is 7.60. The topological polar surface area (TPSA) is 26.3 Å².